The Morgan fingerprint density at radius 2 is 2.35 bits per heavy atom. The number of benzene rings is 1. The summed E-state index contributed by atoms with van der Waals surface area (Å²) in [6.45, 7) is 1.72. The Morgan fingerprint density at radius 1 is 1.50 bits per heavy atom. The van der Waals surface area contributed by atoms with E-state index in [1.165, 1.54) is 0 Å². The minimum absolute atomic E-state index is 0.00684. The molecule has 0 radical (unpaired) electrons. The fraction of sp³-hybridized carbons (Fsp3) is 0.533. The minimum atomic E-state index is -0.00684. The number of piperidine rings is 1. The van der Waals surface area contributed by atoms with Crippen LogP contribution in [0.5, 0.6) is 5.75 Å². The molecule has 1 aromatic carbocycles. The number of nitrogens with zero attached hydrogens (tertiary/aromatic N) is 1. The predicted molar refractivity (Wildman–Crippen MR) is 78.0 cm³/mol. The molecule has 5 heteroatoms. The molecule has 0 bridgehead atoms. The van der Waals surface area contributed by atoms with Gasteiger partial charge in [0.2, 0.25) is 0 Å². The molecule has 0 aliphatic carbocycles. The van der Waals surface area contributed by atoms with Gasteiger partial charge in [-0.15, -0.1) is 0 Å². The van der Waals surface area contributed by atoms with Crippen LogP contribution in [0.1, 0.15) is 19.3 Å². The van der Waals surface area contributed by atoms with E-state index in [1.807, 2.05) is 4.90 Å². The zero-order valence-electron chi connectivity index (χ0n) is 11.4. The third-order valence-electron chi connectivity index (χ3n) is 3.57. The van der Waals surface area contributed by atoms with Crippen molar-refractivity contribution >= 4 is 17.5 Å². The van der Waals surface area contributed by atoms with Crippen LogP contribution in [0.4, 0.5) is 0 Å². The number of rotatable bonds is 5. The molecule has 2 rings (SSSR count). The van der Waals surface area contributed by atoms with E-state index in [-0.39, 0.29) is 19.1 Å². The third-order valence-corrected chi connectivity index (χ3v) is 3.80. The molecule has 4 nitrogen and oxygen atoms in total. The van der Waals surface area contributed by atoms with E-state index in [1.54, 1.807) is 24.3 Å². The maximum Gasteiger partial charge on any atom is 0.260 e. The van der Waals surface area contributed by atoms with Gasteiger partial charge in [0.25, 0.3) is 5.91 Å². The number of carbonyl (C=O) groups is 1. The summed E-state index contributed by atoms with van der Waals surface area (Å²) in [6.07, 6.45) is 2.84. The Labute approximate surface area is 124 Å². The fourth-order valence-electron chi connectivity index (χ4n) is 2.50. The van der Waals surface area contributed by atoms with Gasteiger partial charge in [0.05, 0.1) is 0 Å². The molecule has 110 valence electrons. The number of amides is 1. The molecule has 20 heavy (non-hydrogen) atoms. The molecule has 0 saturated carbocycles. The van der Waals surface area contributed by atoms with Crippen LogP contribution in [-0.2, 0) is 4.79 Å². The summed E-state index contributed by atoms with van der Waals surface area (Å²) in [5.41, 5.74) is 0. The maximum absolute atomic E-state index is 12.1. The second-order valence-electron chi connectivity index (χ2n) is 5.11. The van der Waals surface area contributed by atoms with Gasteiger partial charge in [-0.2, -0.15) is 0 Å². The van der Waals surface area contributed by atoms with E-state index >= 15 is 0 Å². The molecular weight excluding hydrogens is 278 g/mol. The van der Waals surface area contributed by atoms with Gasteiger partial charge in [0.1, 0.15) is 5.75 Å². The molecule has 1 aliphatic heterocycles. The van der Waals surface area contributed by atoms with Gasteiger partial charge >= 0.3 is 0 Å². The first kappa shape index (κ1) is 15.1. The van der Waals surface area contributed by atoms with Crippen LogP contribution in [-0.4, -0.2) is 42.2 Å². The van der Waals surface area contributed by atoms with Crippen LogP contribution in [0.3, 0.4) is 0 Å². The second kappa shape index (κ2) is 7.50. The average molecular weight is 298 g/mol. The van der Waals surface area contributed by atoms with Gasteiger partial charge in [-0.3, -0.25) is 4.79 Å². The summed E-state index contributed by atoms with van der Waals surface area (Å²) in [5.74, 6) is 1.01. The van der Waals surface area contributed by atoms with Crippen LogP contribution in [0.2, 0.25) is 5.02 Å². The van der Waals surface area contributed by atoms with E-state index in [4.69, 9.17) is 21.4 Å². The molecule has 1 amide bonds. The van der Waals surface area contributed by atoms with E-state index < -0.39 is 0 Å². The lowest BCUT2D eigenvalue weighted by atomic mass is 9.95. The summed E-state index contributed by atoms with van der Waals surface area (Å²) in [6, 6.07) is 7.03. The zero-order chi connectivity index (χ0) is 14.4. The van der Waals surface area contributed by atoms with Gasteiger partial charge in [-0.1, -0.05) is 17.7 Å². The van der Waals surface area contributed by atoms with Gasteiger partial charge in [0, 0.05) is 24.7 Å². The highest BCUT2D eigenvalue weighted by atomic mass is 35.5. The summed E-state index contributed by atoms with van der Waals surface area (Å²) < 4.78 is 5.47. The molecule has 1 fully saturated rings. The molecule has 1 aromatic rings. The summed E-state index contributed by atoms with van der Waals surface area (Å²) in [4.78, 5) is 13.9. The van der Waals surface area contributed by atoms with Gasteiger partial charge in [-0.25, -0.2) is 0 Å². The largest absolute Gasteiger partial charge is 0.484 e. The highest BCUT2D eigenvalue weighted by Crippen LogP contribution is 2.20. The highest BCUT2D eigenvalue weighted by molar-refractivity contribution is 6.30. The van der Waals surface area contributed by atoms with Crippen molar-refractivity contribution in [1.29, 1.82) is 0 Å². The predicted octanol–water partition coefficient (Wildman–Crippen LogP) is 2.34. The molecule has 1 unspecified atom stereocenters. The molecule has 1 heterocycles. The zero-order valence-corrected chi connectivity index (χ0v) is 12.2. The number of hydrogen-bond donors (Lipinski definition) is 1. The van der Waals surface area contributed by atoms with Gasteiger partial charge in [0.15, 0.2) is 6.61 Å². The number of aliphatic hydroxyl groups is 1. The van der Waals surface area contributed by atoms with Crippen molar-refractivity contribution in [3.05, 3.63) is 29.3 Å². The number of carbonyl (C=O) groups excluding carboxylic acids is 1. The second-order valence-corrected chi connectivity index (χ2v) is 5.54. The summed E-state index contributed by atoms with van der Waals surface area (Å²) >= 11 is 5.86. The lowest BCUT2D eigenvalue weighted by Crippen LogP contribution is -2.42. The van der Waals surface area contributed by atoms with Crippen molar-refractivity contribution in [3.63, 3.8) is 0 Å². The normalized spacial score (nSPS) is 18.9. The molecule has 1 aliphatic rings. The molecule has 1 saturated heterocycles. The van der Waals surface area contributed by atoms with E-state index in [0.29, 0.717) is 16.7 Å². The Balaban J connectivity index is 1.82. The van der Waals surface area contributed by atoms with Crippen molar-refractivity contribution in [2.45, 2.75) is 19.3 Å². The molecule has 0 spiro atoms. The van der Waals surface area contributed by atoms with E-state index in [0.717, 1.165) is 32.4 Å². The van der Waals surface area contributed by atoms with Gasteiger partial charge < -0.3 is 14.7 Å². The first-order valence-electron chi connectivity index (χ1n) is 6.96. The monoisotopic (exact) mass is 297 g/mol. The van der Waals surface area contributed by atoms with Crippen LogP contribution in [0, 0.1) is 5.92 Å². The van der Waals surface area contributed by atoms with Crippen LogP contribution in [0.15, 0.2) is 24.3 Å². The van der Waals surface area contributed by atoms with E-state index in [9.17, 15) is 4.79 Å². The molecule has 0 aromatic heterocycles. The fourth-order valence-corrected chi connectivity index (χ4v) is 2.68. The Hall–Kier alpha value is -1.26. The third kappa shape index (κ3) is 4.39. The van der Waals surface area contributed by atoms with Crippen molar-refractivity contribution in [2.75, 3.05) is 26.3 Å². The number of aliphatic hydroxyl groups excluding tert-OH is 1. The Morgan fingerprint density at radius 3 is 3.10 bits per heavy atom. The lowest BCUT2D eigenvalue weighted by molar-refractivity contribution is -0.135. The Kier molecular flexibility index (Phi) is 5.68. The molecule has 1 atom stereocenters. The smallest absolute Gasteiger partial charge is 0.260 e. The van der Waals surface area contributed by atoms with Crippen molar-refractivity contribution < 1.29 is 14.6 Å². The number of ether oxygens (including phenoxy) is 1. The van der Waals surface area contributed by atoms with Crippen LogP contribution in [0.25, 0.3) is 0 Å². The Bertz CT molecular complexity index is 450. The summed E-state index contributed by atoms with van der Waals surface area (Å²) in [5, 5.41) is 9.57. The van der Waals surface area contributed by atoms with Crippen molar-refractivity contribution in [1.82, 2.24) is 4.90 Å². The number of likely N-dealkylation sites (tertiary alicyclic amines) is 1. The lowest BCUT2D eigenvalue weighted by Gasteiger charge is -2.32. The molecule has 1 N–H and O–H groups in total. The quantitative estimate of drug-likeness (QED) is 0.907. The maximum atomic E-state index is 12.1. The SMILES string of the molecule is O=C(COc1cccc(Cl)c1)N1CCCC(CCO)C1. The standard InChI is InChI=1S/C15H20ClNO3/c16-13-4-1-5-14(9-13)20-11-15(19)17-7-2-3-12(10-17)6-8-18/h1,4-5,9,12,18H,2-3,6-8,10-11H2. The molecular formula is C15H20ClNO3. The number of halogens is 1. The van der Waals surface area contributed by atoms with Crippen LogP contribution < -0.4 is 4.74 Å². The van der Waals surface area contributed by atoms with E-state index in [2.05, 4.69) is 0 Å². The number of hydrogen-bond acceptors (Lipinski definition) is 3. The van der Waals surface area contributed by atoms with Crippen molar-refractivity contribution in [3.8, 4) is 5.75 Å². The van der Waals surface area contributed by atoms with Gasteiger partial charge in [-0.05, 0) is 43.4 Å². The first-order chi connectivity index (χ1) is 9.69. The first-order valence-corrected chi connectivity index (χ1v) is 7.34. The highest BCUT2D eigenvalue weighted by Gasteiger charge is 2.23. The average Bonchev–Trinajstić information content (AvgIpc) is 2.45. The topological polar surface area (TPSA) is 49.8 Å². The minimum Gasteiger partial charge on any atom is -0.484 e. The van der Waals surface area contributed by atoms with Crippen LogP contribution >= 0.6 is 11.6 Å². The summed E-state index contributed by atoms with van der Waals surface area (Å²) in [7, 11) is 0. The van der Waals surface area contributed by atoms with Crippen molar-refractivity contribution in [2.24, 2.45) is 5.92 Å².